The topological polar surface area (TPSA) is 96.5 Å². The molecule has 1 N–H and O–H groups in total. The Labute approximate surface area is 200 Å². The standard InChI is InChI=1S/C26H19ClN4O3/c1-16-6-8-19(9-7-16)29-24(32)18(15-28)14-21-25(34-20-10-11-22(27)17(2)13-20)30-23-5-3-4-12-31(23)26(21)33/h3-14H,1-2H3,(H,29,32)/b18-14+. The quantitative estimate of drug-likeness (QED) is 0.315. The highest BCUT2D eigenvalue weighted by atomic mass is 35.5. The van der Waals surface area contributed by atoms with Gasteiger partial charge in [0.05, 0.1) is 0 Å². The van der Waals surface area contributed by atoms with Gasteiger partial charge in [0.2, 0.25) is 5.88 Å². The van der Waals surface area contributed by atoms with E-state index in [4.69, 9.17) is 16.3 Å². The van der Waals surface area contributed by atoms with Crippen molar-refractivity contribution in [2.75, 3.05) is 5.32 Å². The Kier molecular flexibility index (Phi) is 6.44. The summed E-state index contributed by atoms with van der Waals surface area (Å²) >= 11 is 6.10. The number of rotatable bonds is 5. The van der Waals surface area contributed by atoms with Crippen LogP contribution in [0, 0.1) is 25.2 Å². The molecule has 0 aliphatic heterocycles. The van der Waals surface area contributed by atoms with Crippen LogP contribution in [0.25, 0.3) is 11.7 Å². The Balaban J connectivity index is 1.80. The summed E-state index contributed by atoms with van der Waals surface area (Å²) in [6.07, 6.45) is 2.74. The fraction of sp³-hybridized carbons (Fsp3) is 0.0769. The predicted octanol–water partition coefficient (Wildman–Crippen LogP) is 5.30. The van der Waals surface area contributed by atoms with Crippen molar-refractivity contribution >= 4 is 34.9 Å². The second-order valence-corrected chi connectivity index (χ2v) is 7.97. The maximum absolute atomic E-state index is 13.3. The van der Waals surface area contributed by atoms with Crippen LogP contribution in [0.1, 0.15) is 16.7 Å². The van der Waals surface area contributed by atoms with Gasteiger partial charge < -0.3 is 10.1 Å². The van der Waals surface area contributed by atoms with Gasteiger partial charge in [0.25, 0.3) is 11.5 Å². The second-order valence-electron chi connectivity index (χ2n) is 7.57. The van der Waals surface area contributed by atoms with E-state index < -0.39 is 11.5 Å². The number of pyridine rings is 1. The molecule has 0 radical (unpaired) electrons. The summed E-state index contributed by atoms with van der Waals surface area (Å²) in [5.74, 6) is -0.280. The van der Waals surface area contributed by atoms with Gasteiger partial charge in [0.1, 0.15) is 28.6 Å². The number of nitrogens with one attached hydrogen (secondary N) is 1. The third-order valence-electron chi connectivity index (χ3n) is 5.04. The lowest BCUT2D eigenvalue weighted by Crippen LogP contribution is -2.20. The zero-order chi connectivity index (χ0) is 24.2. The molecule has 0 bridgehead atoms. The number of carbonyl (C=O) groups excluding carboxylic acids is 1. The molecule has 2 heterocycles. The monoisotopic (exact) mass is 470 g/mol. The maximum atomic E-state index is 13.3. The van der Waals surface area contributed by atoms with Crippen LogP contribution >= 0.6 is 11.6 Å². The molecule has 1 amide bonds. The van der Waals surface area contributed by atoms with Gasteiger partial charge in [-0.05, 0) is 68.0 Å². The number of fused-ring (bicyclic) bond motifs is 1. The first-order valence-electron chi connectivity index (χ1n) is 10.3. The van der Waals surface area contributed by atoms with Gasteiger partial charge in [-0.15, -0.1) is 0 Å². The van der Waals surface area contributed by atoms with E-state index in [2.05, 4.69) is 10.3 Å². The molecule has 0 aliphatic carbocycles. The highest BCUT2D eigenvalue weighted by Crippen LogP contribution is 2.27. The first-order valence-corrected chi connectivity index (χ1v) is 10.7. The van der Waals surface area contributed by atoms with Crippen molar-refractivity contribution in [1.29, 1.82) is 5.26 Å². The Hall–Kier alpha value is -4.41. The lowest BCUT2D eigenvalue weighted by molar-refractivity contribution is -0.112. The average molecular weight is 471 g/mol. The number of amides is 1. The summed E-state index contributed by atoms with van der Waals surface area (Å²) in [6.45, 7) is 3.75. The van der Waals surface area contributed by atoms with Crippen LogP contribution < -0.4 is 15.6 Å². The molecule has 0 saturated heterocycles. The maximum Gasteiger partial charge on any atom is 0.269 e. The van der Waals surface area contributed by atoms with E-state index in [1.807, 2.05) is 32.0 Å². The van der Waals surface area contributed by atoms with E-state index >= 15 is 0 Å². The SMILES string of the molecule is Cc1ccc(NC(=O)/C(C#N)=C/c2c(Oc3ccc(Cl)c(C)c3)nc3ccccn3c2=O)cc1. The minimum absolute atomic E-state index is 0.0335. The van der Waals surface area contributed by atoms with Crippen LogP contribution in [0.3, 0.4) is 0 Å². The molecule has 4 rings (SSSR count). The summed E-state index contributed by atoms with van der Waals surface area (Å²) in [4.78, 5) is 30.5. The van der Waals surface area contributed by atoms with E-state index in [9.17, 15) is 14.9 Å². The van der Waals surface area contributed by atoms with Crippen LogP contribution in [-0.2, 0) is 4.79 Å². The fourth-order valence-corrected chi connectivity index (χ4v) is 3.32. The molecule has 0 unspecified atom stereocenters. The zero-order valence-corrected chi connectivity index (χ0v) is 19.1. The Morgan fingerprint density at radius 3 is 2.62 bits per heavy atom. The van der Waals surface area contributed by atoms with Crippen LogP contribution in [-0.4, -0.2) is 15.3 Å². The average Bonchev–Trinajstić information content (AvgIpc) is 2.83. The third-order valence-corrected chi connectivity index (χ3v) is 5.47. The molecule has 8 heteroatoms. The minimum Gasteiger partial charge on any atom is -0.438 e. The van der Waals surface area contributed by atoms with Crippen LogP contribution in [0.4, 0.5) is 5.69 Å². The third kappa shape index (κ3) is 4.82. The number of benzene rings is 2. The van der Waals surface area contributed by atoms with Gasteiger partial charge in [0, 0.05) is 16.9 Å². The molecule has 168 valence electrons. The van der Waals surface area contributed by atoms with E-state index in [0.717, 1.165) is 11.1 Å². The lowest BCUT2D eigenvalue weighted by Gasteiger charge is -2.11. The largest absolute Gasteiger partial charge is 0.438 e. The Bertz CT molecular complexity index is 1530. The first kappa shape index (κ1) is 22.8. The molecule has 0 saturated carbocycles. The van der Waals surface area contributed by atoms with E-state index in [-0.39, 0.29) is 17.0 Å². The molecule has 0 fully saturated rings. The number of aromatic nitrogens is 2. The molecule has 2 aromatic heterocycles. The normalized spacial score (nSPS) is 11.2. The van der Waals surface area contributed by atoms with Crippen molar-refractivity contribution in [3.63, 3.8) is 0 Å². The van der Waals surface area contributed by atoms with Crippen LogP contribution in [0.15, 0.2) is 77.2 Å². The summed E-state index contributed by atoms with van der Waals surface area (Å²) in [6, 6.07) is 19.1. The molecular formula is C26H19ClN4O3. The minimum atomic E-state index is -0.655. The van der Waals surface area contributed by atoms with Crippen LogP contribution in [0.2, 0.25) is 5.02 Å². The number of hydrogen-bond acceptors (Lipinski definition) is 5. The van der Waals surface area contributed by atoms with Crippen molar-refractivity contribution in [3.05, 3.63) is 105 Å². The number of nitrogens with zero attached hydrogens (tertiary/aromatic N) is 3. The highest BCUT2D eigenvalue weighted by molar-refractivity contribution is 6.31. The Morgan fingerprint density at radius 2 is 1.91 bits per heavy atom. The van der Waals surface area contributed by atoms with E-state index in [1.54, 1.807) is 54.7 Å². The zero-order valence-electron chi connectivity index (χ0n) is 18.4. The molecule has 7 nitrogen and oxygen atoms in total. The van der Waals surface area contributed by atoms with Gasteiger partial charge in [-0.1, -0.05) is 35.4 Å². The van der Waals surface area contributed by atoms with Crippen molar-refractivity contribution in [3.8, 4) is 17.7 Å². The van der Waals surface area contributed by atoms with Crippen LogP contribution in [0.5, 0.6) is 11.6 Å². The molecule has 4 aromatic rings. The van der Waals surface area contributed by atoms with Crippen molar-refractivity contribution in [2.45, 2.75) is 13.8 Å². The number of anilines is 1. The Morgan fingerprint density at radius 1 is 1.15 bits per heavy atom. The van der Waals surface area contributed by atoms with Gasteiger partial charge in [-0.2, -0.15) is 10.2 Å². The highest BCUT2D eigenvalue weighted by Gasteiger charge is 2.18. The number of nitriles is 1. The number of halogens is 1. The summed E-state index contributed by atoms with van der Waals surface area (Å²) in [5, 5.41) is 12.9. The summed E-state index contributed by atoms with van der Waals surface area (Å²) in [7, 11) is 0. The van der Waals surface area contributed by atoms with Crippen molar-refractivity contribution in [1.82, 2.24) is 9.38 Å². The van der Waals surface area contributed by atoms with E-state index in [1.165, 1.54) is 10.5 Å². The number of aryl methyl sites for hydroxylation is 2. The van der Waals surface area contributed by atoms with Crippen molar-refractivity contribution < 1.29 is 9.53 Å². The summed E-state index contributed by atoms with van der Waals surface area (Å²) < 4.78 is 7.24. The summed E-state index contributed by atoms with van der Waals surface area (Å²) in [5.41, 5.74) is 1.90. The molecule has 0 spiro atoms. The van der Waals surface area contributed by atoms with Gasteiger partial charge >= 0.3 is 0 Å². The second kappa shape index (κ2) is 9.61. The first-order chi connectivity index (χ1) is 16.4. The number of hydrogen-bond donors (Lipinski definition) is 1. The van der Waals surface area contributed by atoms with Gasteiger partial charge in [-0.3, -0.25) is 14.0 Å². The lowest BCUT2D eigenvalue weighted by atomic mass is 10.1. The molecular weight excluding hydrogens is 452 g/mol. The molecule has 34 heavy (non-hydrogen) atoms. The van der Waals surface area contributed by atoms with Gasteiger partial charge in [0.15, 0.2) is 0 Å². The number of ether oxygens (including phenoxy) is 1. The van der Waals surface area contributed by atoms with E-state index in [0.29, 0.717) is 22.1 Å². The van der Waals surface area contributed by atoms with Crippen molar-refractivity contribution in [2.24, 2.45) is 0 Å². The molecule has 0 atom stereocenters. The smallest absolute Gasteiger partial charge is 0.269 e. The molecule has 2 aromatic carbocycles. The molecule has 0 aliphatic rings. The number of carbonyl (C=O) groups is 1. The fourth-order valence-electron chi connectivity index (χ4n) is 3.20. The predicted molar refractivity (Wildman–Crippen MR) is 131 cm³/mol. The van der Waals surface area contributed by atoms with Gasteiger partial charge in [-0.25, -0.2) is 0 Å².